The lowest BCUT2D eigenvalue weighted by atomic mass is 9.84. The zero-order chi connectivity index (χ0) is 17.4. The number of likely N-dealkylation sites (tertiary alicyclic amines) is 1. The Hall–Kier alpha value is -1.36. The van der Waals surface area contributed by atoms with E-state index < -0.39 is 0 Å². The summed E-state index contributed by atoms with van der Waals surface area (Å²) < 4.78 is 0. The average Bonchev–Trinajstić information content (AvgIpc) is 2.96. The lowest BCUT2D eigenvalue weighted by Crippen LogP contribution is -2.45. The molecule has 0 bridgehead atoms. The van der Waals surface area contributed by atoms with E-state index in [9.17, 15) is 9.59 Å². The number of nitrogens with zero attached hydrogens (tertiary/aromatic N) is 2. The van der Waals surface area contributed by atoms with E-state index in [-0.39, 0.29) is 23.8 Å². The molecule has 4 rings (SSSR count). The van der Waals surface area contributed by atoms with Crippen molar-refractivity contribution in [2.24, 2.45) is 11.3 Å². The molecule has 2 aliphatic carbocycles. The van der Waals surface area contributed by atoms with E-state index in [1.165, 1.54) is 31.2 Å². The highest BCUT2D eigenvalue weighted by molar-refractivity contribution is 7.07. The Morgan fingerprint density at radius 3 is 2.72 bits per heavy atom. The molecular weight excluding hydrogens is 332 g/mol. The molecule has 25 heavy (non-hydrogen) atoms. The van der Waals surface area contributed by atoms with E-state index >= 15 is 0 Å². The maximum absolute atomic E-state index is 13.1. The number of hydrogen-bond donors (Lipinski definition) is 0. The van der Waals surface area contributed by atoms with Crippen LogP contribution in [0.1, 0.15) is 57.4 Å². The molecule has 1 unspecified atom stereocenters. The Bertz CT molecular complexity index is 634. The van der Waals surface area contributed by atoms with Crippen LogP contribution >= 0.6 is 11.3 Å². The standard InChI is InChI=1S/C20H28N2O2S/c1-20(16-6-7-16)10-18(23)21(14-20)12-19(24)22(17-4-2-3-5-17)11-15-8-9-25-13-15/h8-9,13,16-17H,2-7,10-12,14H2,1H3. The summed E-state index contributed by atoms with van der Waals surface area (Å²) in [6.07, 6.45) is 7.74. The second-order valence-corrected chi connectivity index (χ2v) is 9.23. The predicted molar refractivity (Wildman–Crippen MR) is 99.2 cm³/mol. The highest BCUT2D eigenvalue weighted by Gasteiger charge is 2.49. The zero-order valence-corrected chi connectivity index (χ0v) is 15.9. The van der Waals surface area contributed by atoms with Crippen molar-refractivity contribution in [2.45, 2.75) is 64.5 Å². The largest absolute Gasteiger partial charge is 0.334 e. The Morgan fingerprint density at radius 2 is 2.08 bits per heavy atom. The summed E-state index contributed by atoms with van der Waals surface area (Å²) in [5.41, 5.74) is 1.31. The van der Waals surface area contributed by atoms with Gasteiger partial charge >= 0.3 is 0 Å². The molecule has 3 aliphatic rings. The molecule has 4 nitrogen and oxygen atoms in total. The van der Waals surface area contributed by atoms with Crippen LogP contribution in [0.3, 0.4) is 0 Å². The highest BCUT2D eigenvalue weighted by Crippen LogP contribution is 2.50. The van der Waals surface area contributed by atoms with Crippen LogP contribution in [-0.2, 0) is 16.1 Å². The summed E-state index contributed by atoms with van der Waals surface area (Å²) in [6, 6.07) is 2.45. The molecular formula is C20H28N2O2S. The number of hydrogen-bond acceptors (Lipinski definition) is 3. The van der Waals surface area contributed by atoms with Crippen molar-refractivity contribution in [2.75, 3.05) is 13.1 Å². The first-order chi connectivity index (χ1) is 12.0. The van der Waals surface area contributed by atoms with Crippen LogP contribution in [-0.4, -0.2) is 40.7 Å². The minimum absolute atomic E-state index is 0.100. The minimum Gasteiger partial charge on any atom is -0.334 e. The topological polar surface area (TPSA) is 40.6 Å². The van der Waals surface area contributed by atoms with Gasteiger partial charge in [0.1, 0.15) is 0 Å². The van der Waals surface area contributed by atoms with E-state index in [0.29, 0.717) is 24.9 Å². The molecule has 0 spiro atoms. The van der Waals surface area contributed by atoms with Gasteiger partial charge in [0.25, 0.3) is 0 Å². The van der Waals surface area contributed by atoms with Crippen molar-refractivity contribution in [3.05, 3.63) is 22.4 Å². The van der Waals surface area contributed by atoms with Gasteiger partial charge in [0.05, 0.1) is 6.54 Å². The molecule has 1 aliphatic heterocycles. The fourth-order valence-corrected chi connectivity index (χ4v) is 5.37. The van der Waals surface area contributed by atoms with Gasteiger partial charge in [-0.05, 0) is 59.4 Å². The Labute approximate surface area is 154 Å². The fourth-order valence-electron chi connectivity index (χ4n) is 4.71. The van der Waals surface area contributed by atoms with Gasteiger partial charge in [0.15, 0.2) is 0 Å². The van der Waals surface area contributed by atoms with Crippen LogP contribution in [0.4, 0.5) is 0 Å². The van der Waals surface area contributed by atoms with Crippen molar-refractivity contribution in [3.63, 3.8) is 0 Å². The molecule has 1 aromatic rings. The third-order valence-corrected chi connectivity index (χ3v) is 7.10. The Morgan fingerprint density at radius 1 is 1.32 bits per heavy atom. The van der Waals surface area contributed by atoms with Gasteiger partial charge in [0.2, 0.25) is 11.8 Å². The first kappa shape index (κ1) is 17.1. The lowest BCUT2D eigenvalue weighted by Gasteiger charge is -2.31. The second kappa shape index (κ2) is 6.75. The number of rotatable bonds is 6. The molecule has 5 heteroatoms. The summed E-state index contributed by atoms with van der Waals surface area (Å²) in [5.74, 6) is 0.990. The van der Waals surface area contributed by atoms with Crippen LogP contribution in [0.15, 0.2) is 16.8 Å². The summed E-state index contributed by atoms with van der Waals surface area (Å²) in [6.45, 7) is 3.95. The van der Waals surface area contributed by atoms with E-state index in [2.05, 4.69) is 28.7 Å². The first-order valence-corrected chi connectivity index (χ1v) is 10.6. The molecule has 1 saturated heterocycles. The van der Waals surface area contributed by atoms with E-state index in [1.807, 2.05) is 4.90 Å². The van der Waals surface area contributed by atoms with Crippen molar-refractivity contribution in [1.29, 1.82) is 0 Å². The maximum atomic E-state index is 13.1. The van der Waals surface area contributed by atoms with Crippen LogP contribution in [0, 0.1) is 11.3 Å². The molecule has 1 aromatic heterocycles. The SMILES string of the molecule is CC1(C2CC2)CC(=O)N(CC(=O)N(Cc2ccsc2)C2CCCC2)C1. The quantitative estimate of drug-likeness (QED) is 0.777. The smallest absolute Gasteiger partial charge is 0.242 e. The van der Waals surface area contributed by atoms with Crippen molar-refractivity contribution in [1.82, 2.24) is 9.80 Å². The van der Waals surface area contributed by atoms with Gasteiger partial charge in [-0.1, -0.05) is 19.8 Å². The fraction of sp³-hybridized carbons (Fsp3) is 0.700. The minimum atomic E-state index is 0.100. The number of carbonyl (C=O) groups excluding carboxylic acids is 2. The third-order valence-electron chi connectivity index (χ3n) is 6.37. The van der Waals surface area contributed by atoms with Crippen molar-refractivity contribution >= 4 is 23.2 Å². The molecule has 2 heterocycles. The summed E-state index contributed by atoms with van der Waals surface area (Å²) >= 11 is 1.68. The average molecular weight is 361 g/mol. The number of amides is 2. The molecule has 0 radical (unpaired) electrons. The first-order valence-electron chi connectivity index (χ1n) is 9.63. The van der Waals surface area contributed by atoms with Crippen molar-refractivity contribution < 1.29 is 9.59 Å². The Balaban J connectivity index is 1.44. The van der Waals surface area contributed by atoms with E-state index in [4.69, 9.17) is 0 Å². The van der Waals surface area contributed by atoms with Crippen LogP contribution < -0.4 is 0 Å². The van der Waals surface area contributed by atoms with Gasteiger partial charge in [-0.3, -0.25) is 9.59 Å². The molecule has 2 saturated carbocycles. The van der Waals surface area contributed by atoms with E-state index in [1.54, 1.807) is 11.3 Å². The summed E-state index contributed by atoms with van der Waals surface area (Å²) in [4.78, 5) is 29.4. The highest BCUT2D eigenvalue weighted by atomic mass is 32.1. The third kappa shape index (κ3) is 3.62. The predicted octanol–water partition coefficient (Wildman–Crippen LogP) is 3.67. The van der Waals surface area contributed by atoms with Gasteiger partial charge in [-0.15, -0.1) is 0 Å². The van der Waals surface area contributed by atoms with Crippen molar-refractivity contribution in [3.8, 4) is 0 Å². The monoisotopic (exact) mass is 360 g/mol. The van der Waals surface area contributed by atoms with Crippen LogP contribution in [0.25, 0.3) is 0 Å². The van der Waals surface area contributed by atoms with Gasteiger partial charge in [-0.2, -0.15) is 11.3 Å². The van der Waals surface area contributed by atoms with Crippen LogP contribution in [0.2, 0.25) is 0 Å². The molecule has 0 aromatic carbocycles. The van der Waals surface area contributed by atoms with E-state index in [0.717, 1.165) is 19.4 Å². The zero-order valence-electron chi connectivity index (χ0n) is 15.1. The lowest BCUT2D eigenvalue weighted by molar-refractivity contribution is -0.140. The Kier molecular flexibility index (Phi) is 4.61. The molecule has 2 amide bonds. The molecule has 0 N–H and O–H groups in total. The summed E-state index contributed by atoms with van der Waals surface area (Å²) in [5, 5.41) is 4.19. The summed E-state index contributed by atoms with van der Waals surface area (Å²) in [7, 11) is 0. The molecule has 3 fully saturated rings. The van der Waals surface area contributed by atoms with Gasteiger partial charge in [-0.25, -0.2) is 0 Å². The normalized spacial score (nSPS) is 27.2. The second-order valence-electron chi connectivity index (χ2n) is 8.45. The maximum Gasteiger partial charge on any atom is 0.242 e. The number of thiophene rings is 1. The molecule has 1 atom stereocenters. The van der Waals surface area contributed by atoms with Gasteiger partial charge in [0, 0.05) is 25.6 Å². The molecule has 136 valence electrons. The number of carbonyl (C=O) groups is 2. The van der Waals surface area contributed by atoms with Crippen LogP contribution in [0.5, 0.6) is 0 Å². The van der Waals surface area contributed by atoms with Gasteiger partial charge < -0.3 is 9.80 Å².